The Morgan fingerprint density at radius 3 is 2.45 bits per heavy atom. The zero-order chi connectivity index (χ0) is 14.8. The van der Waals surface area contributed by atoms with E-state index in [1.807, 2.05) is 30.3 Å². The lowest BCUT2D eigenvalue weighted by Crippen LogP contribution is -2.22. The minimum Gasteiger partial charge on any atom is -0.460 e. The van der Waals surface area contributed by atoms with E-state index in [-0.39, 0.29) is 17.9 Å². The molecule has 0 amide bonds. The van der Waals surface area contributed by atoms with Crippen LogP contribution in [0.5, 0.6) is 0 Å². The molecule has 0 aliphatic rings. The van der Waals surface area contributed by atoms with Gasteiger partial charge in [0, 0.05) is 13.3 Å². The number of hydrogen-bond donors (Lipinski definition) is 0. The maximum Gasteiger partial charge on any atom is 0.302 e. The van der Waals surface area contributed by atoms with Crippen molar-refractivity contribution in [2.24, 2.45) is 0 Å². The zero-order valence-corrected chi connectivity index (χ0v) is 12.1. The molecular weight excluding hydrogens is 256 g/mol. The number of ketones is 1. The summed E-state index contributed by atoms with van der Waals surface area (Å²) in [5.74, 6) is -0.169. The lowest BCUT2D eigenvalue weighted by Gasteiger charge is -2.17. The third-order valence-corrected chi connectivity index (χ3v) is 2.80. The monoisotopic (exact) mass is 278 g/mol. The lowest BCUT2D eigenvalue weighted by molar-refractivity contribution is -0.150. The fourth-order valence-corrected chi connectivity index (χ4v) is 1.87. The predicted molar refractivity (Wildman–Crippen MR) is 76.2 cm³/mol. The van der Waals surface area contributed by atoms with Gasteiger partial charge in [0.15, 0.2) is 0 Å². The molecule has 110 valence electrons. The van der Waals surface area contributed by atoms with Crippen molar-refractivity contribution in [3.8, 4) is 0 Å². The van der Waals surface area contributed by atoms with Crippen molar-refractivity contribution in [1.29, 1.82) is 0 Å². The minimum absolute atomic E-state index is 0.150. The van der Waals surface area contributed by atoms with Gasteiger partial charge in [0.2, 0.25) is 0 Å². The van der Waals surface area contributed by atoms with Gasteiger partial charge >= 0.3 is 5.97 Å². The van der Waals surface area contributed by atoms with Crippen molar-refractivity contribution in [2.45, 2.75) is 45.8 Å². The average molecular weight is 278 g/mol. The lowest BCUT2D eigenvalue weighted by atomic mass is 10.1. The third kappa shape index (κ3) is 7.69. The summed E-state index contributed by atoms with van der Waals surface area (Å²) in [5, 5.41) is 0. The number of hydrogen-bond acceptors (Lipinski definition) is 4. The summed E-state index contributed by atoms with van der Waals surface area (Å²) >= 11 is 0. The van der Waals surface area contributed by atoms with Gasteiger partial charge < -0.3 is 14.3 Å². The van der Waals surface area contributed by atoms with Crippen LogP contribution in [0.25, 0.3) is 0 Å². The maximum atomic E-state index is 11.0. The van der Waals surface area contributed by atoms with E-state index < -0.39 is 0 Å². The summed E-state index contributed by atoms with van der Waals surface area (Å²) in [4.78, 5) is 21.9. The first-order chi connectivity index (χ1) is 9.58. The fourth-order valence-electron chi connectivity index (χ4n) is 1.87. The van der Waals surface area contributed by atoms with Crippen LogP contribution in [0.15, 0.2) is 30.3 Å². The molecule has 0 radical (unpaired) electrons. The summed E-state index contributed by atoms with van der Waals surface area (Å²) < 4.78 is 10.8. The van der Waals surface area contributed by atoms with Crippen LogP contribution in [-0.4, -0.2) is 24.5 Å². The highest BCUT2D eigenvalue weighted by atomic mass is 16.6. The average Bonchev–Trinajstić information content (AvgIpc) is 2.38. The minimum atomic E-state index is -0.318. The summed E-state index contributed by atoms with van der Waals surface area (Å²) in [6.07, 6.45) is 1.59. The molecule has 1 rings (SSSR count). The number of ether oxygens (including phenoxy) is 2. The molecule has 4 heteroatoms. The molecule has 0 N–H and O–H groups in total. The molecule has 1 aromatic rings. The summed E-state index contributed by atoms with van der Waals surface area (Å²) in [5.41, 5.74) is 1.08. The van der Waals surface area contributed by atoms with Gasteiger partial charge in [-0.1, -0.05) is 30.3 Å². The Labute approximate surface area is 120 Å². The van der Waals surface area contributed by atoms with Crippen LogP contribution in [-0.2, 0) is 25.7 Å². The molecule has 4 nitrogen and oxygen atoms in total. The standard InChI is InChI=1S/C16H22O4/c1-13(17)7-6-10-16(20-14(2)18)12-19-11-15-8-4-3-5-9-15/h3-5,8-9,16H,6-7,10-12H2,1-2H3/t16-/m0/s1. The molecule has 1 atom stereocenters. The van der Waals surface area contributed by atoms with Crippen molar-refractivity contribution >= 4 is 11.8 Å². The molecule has 20 heavy (non-hydrogen) atoms. The van der Waals surface area contributed by atoms with E-state index in [0.29, 0.717) is 32.5 Å². The Morgan fingerprint density at radius 2 is 1.85 bits per heavy atom. The van der Waals surface area contributed by atoms with Crippen molar-refractivity contribution in [3.05, 3.63) is 35.9 Å². The fraction of sp³-hybridized carbons (Fsp3) is 0.500. The molecule has 0 saturated heterocycles. The largest absolute Gasteiger partial charge is 0.460 e. The molecule has 0 bridgehead atoms. The number of rotatable bonds is 9. The molecule has 0 heterocycles. The van der Waals surface area contributed by atoms with E-state index in [4.69, 9.17) is 9.47 Å². The second kappa shape index (κ2) is 9.26. The van der Waals surface area contributed by atoms with Crippen LogP contribution in [0.2, 0.25) is 0 Å². The molecule has 0 aliphatic carbocycles. The highest BCUT2D eigenvalue weighted by Crippen LogP contribution is 2.09. The first-order valence-corrected chi connectivity index (χ1v) is 6.86. The molecule has 0 fully saturated rings. The van der Waals surface area contributed by atoms with Gasteiger partial charge in [-0.15, -0.1) is 0 Å². The normalized spacial score (nSPS) is 11.9. The number of benzene rings is 1. The van der Waals surface area contributed by atoms with E-state index in [9.17, 15) is 9.59 Å². The van der Waals surface area contributed by atoms with Gasteiger partial charge in [-0.3, -0.25) is 4.79 Å². The molecule has 0 aromatic heterocycles. The number of Topliss-reactive ketones (excluding diaryl/α,β-unsaturated/α-hetero) is 1. The van der Waals surface area contributed by atoms with E-state index in [1.54, 1.807) is 6.92 Å². The highest BCUT2D eigenvalue weighted by molar-refractivity contribution is 5.75. The Bertz CT molecular complexity index is 414. The molecular formula is C16H22O4. The molecule has 0 unspecified atom stereocenters. The molecule has 0 saturated carbocycles. The van der Waals surface area contributed by atoms with Crippen molar-refractivity contribution < 1.29 is 19.1 Å². The highest BCUT2D eigenvalue weighted by Gasteiger charge is 2.12. The van der Waals surface area contributed by atoms with Crippen molar-refractivity contribution in [1.82, 2.24) is 0 Å². The third-order valence-electron chi connectivity index (χ3n) is 2.80. The maximum absolute atomic E-state index is 11.0. The summed E-state index contributed by atoms with van der Waals surface area (Å²) in [7, 11) is 0. The van der Waals surface area contributed by atoms with Crippen molar-refractivity contribution in [2.75, 3.05) is 6.61 Å². The number of esters is 1. The van der Waals surface area contributed by atoms with E-state index >= 15 is 0 Å². The Hall–Kier alpha value is -1.68. The van der Waals surface area contributed by atoms with Gasteiger partial charge in [-0.25, -0.2) is 0 Å². The quantitative estimate of drug-likeness (QED) is 0.652. The second-order valence-corrected chi connectivity index (χ2v) is 4.83. The summed E-state index contributed by atoms with van der Waals surface area (Å²) in [6.45, 7) is 3.79. The van der Waals surface area contributed by atoms with Crippen LogP contribution in [0.4, 0.5) is 0 Å². The van der Waals surface area contributed by atoms with Crippen LogP contribution in [0, 0.1) is 0 Å². The topological polar surface area (TPSA) is 52.6 Å². The summed E-state index contributed by atoms with van der Waals surface area (Å²) in [6, 6.07) is 9.82. The van der Waals surface area contributed by atoms with Gasteiger partial charge in [-0.05, 0) is 25.3 Å². The number of carbonyl (C=O) groups is 2. The SMILES string of the molecule is CC(=O)CCC[C@@H](COCc1ccccc1)OC(C)=O. The first-order valence-electron chi connectivity index (χ1n) is 6.86. The van der Waals surface area contributed by atoms with Crippen LogP contribution in [0.1, 0.15) is 38.7 Å². The van der Waals surface area contributed by atoms with Gasteiger partial charge in [0.25, 0.3) is 0 Å². The molecule has 1 aromatic carbocycles. The number of carbonyl (C=O) groups excluding carboxylic acids is 2. The van der Waals surface area contributed by atoms with E-state index in [1.165, 1.54) is 6.92 Å². The second-order valence-electron chi connectivity index (χ2n) is 4.83. The predicted octanol–water partition coefficient (Wildman–Crippen LogP) is 2.89. The van der Waals surface area contributed by atoms with Crippen LogP contribution >= 0.6 is 0 Å². The Balaban J connectivity index is 2.32. The first kappa shape index (κ1) is 16.4. The van der Waals surface area contributed by atoms with E-state index in [2.05, 4.69) is 0 Å². The Morgan fingerprint density at radius 1 is 1.15 bits per heavy atom. The van der Waals surface area contributed by atoms with Crippen LogP contribution < -0.4 is 0 Å². The smallest absolute Gasteiger partial charge is 0.302 e. The zero-order valence-electron chi connectivity index (χ0n) is 12.1. The van der Waals surface area contributed by atoms with Crippen LogP contribution in [0.3, 0.4) is 0 Å². The molecule has 0 spiro atoms. The van der Waals surface area contributed by atoms with Gasteiger partial charge in [0.05, 0.1) is 13.2 Å². The molecule has 0 aliphatic heterocycles. The van der Waals surface area contributed by atoms with E-state index in [0.717, 1.165) is 5.56 Å². The Kier molecular flexibility index (Phi) is 7.58. The van der Waals surface area contributed by atoms with Gasteiger partial charge in [0.1, 0.15) is 11.9 Å². The van der Waals surface area contributed by atoms with Gasteiger partial charge in [-0.2, -0.15) is 0 Å². The van der Waals surface area contributed by atoms with Crippen molar-refractivity contribution in [3.63, 3.8) is 0 Å².